The summed E-state index contributed by atoms with van der Waals surface area (Å²) in [5.41, 5.74) is 6.34. The van der Waals surface area contributed by atoms with Gasteiger partial charge in [0.25, 0.3) is 0 Å². The number of hydrogen-bond donors (Lipinski definition) is 1. The quantitative estimate of drug-likeness (QED) is 0.608. The first-order valence-corrected chi connectivity index (χ1v) is 12.9. The van der Waals surface area contributed by atoms with Crippen LogP contribution in [0.15, 0.2) is 41.5 Å². The van der Waals surface area contributed by atoms with Crippen molar-refractivity contribution in [1.82, 2.24) is 9.88 Å². The van der Waals surface area contributed by atoms with Crippen LogP contribution in [0, 0.1) is 23.1 Å². The molecular weight excluding hydrogens is 480 g/mol. The van der Waals surface area contributed by atoms with Gasteiger partial charge < -0.3 is 10.6 Å². The molecule has 0 bridgehead atoms. The van der Waals surface area contributed by atoms with E-state index in [1.165, 1.54) is 48.3 Å². The van der Waals surface area contributed by atoms with Gasteiger partial charge in [0.2, 0.25) is 5.91 Å². The fraction of sp³-hybridized carbons (Fsp3) is 0.407. The SMILES string of the molecule is CC1CCCN1C(=O)C1CC(C)[C@@](C)(c2cc(/C=C(\F)c3ccc(C#N)cn3)ccc2F)N=C(N)S1. The largest absolute Gasteiger partial charge is 0.378 e. The predicted octanol–water partition coefficient (Wildman–Crippen LogP) is 5.24. The maximum absolute atomic E-state index is 15.2. The van der Waals surface area contributed by atoms with Crippen molar-refractivity contribution in [3.8, 4) is 6.07 Å². The second kappa shape index (κ2) is 10.4. The van der Waals surface area contributed by atoms with Gasteiger partial charge in [-0.25, -0.2) is 8.78 Å². The van der Waals surface area contributed by atoms with Gasteiger partial charge in [-0.3, -0.25) is 14.8 Å². The molecule has 0 spiro atoms. The van der Waals surface area contributed by atoms with Crippen LogP contribution in [-0.4, -0.2) is 38.8 Å². The van der Waals surface area contributed by atoms with Crippen molar-refractivity contribution in [2.24, 2.45) is 16.6 Å². The third-order valence-corrected chi connectivity index (χ3v) is 8.22. The molecule has 1 aromatic carbocycles. The van der Waals surface area contributed by atoms with E-state index in [0.717, 1.165) is 19.4 Å². The Kier molecular flexibility index (Phi) is 7.46. The molecule has 9 heteroatoms. The first-order chi connectivity index (χ1) is 17.1. The van der Waals surface area contributed by atoms with Crippen LogP contribution < -0.4 is 5.73 Å². The number of nitrogens with zero attached hydrogens (tertiary/aromatic N) is 4. The summed E-state index contributed by atoms with van der Waals surface area (Å²) in [4.78, 5) is 23.8. The molecule has 2 N–H and O–H groups in total. The second-order valence-electron chi connectivity index (χ2n) is 9.64. The van der Waals surface area contributed by atoms with E-state index in [2.05, 4.69) is 16.9 Å². The zero-order valence-electron chi connectivity index (χ0n) is 20.5. The number of aromatic nitrogens is 1. The van der Waals surface area contributed by atoms with Gasteiger partial charge in [-0.05, 0) is 74.9 Å². The summed E-state index contributed by atoms with van der Waals surface area (Å²) in [6.45, 7) is 6.54. The van der Waals surface area contributed by atoms with Gasteiger partial charge in [0.05, 0.1) is 22.0 Å². The van der Waals surface area contributed by atoms with Crippen molar-refractivity contribution in [3.05, 3.63) is 64.7 Å². The monoisotopic (exact) mass is 509 g/mol. The number of likely N-dealkylation sites (tertiary alicyclic amines) is 1. The lowest BCUT2D eigenvalue weighted by Crippen LogP contribution is -2.41. The Bertz CT molecular complexity index is 1260. The van der Waals surface area contributed by atoms with Crippen molar-refractivity contribution < 1.29 is 13.6 Å². The van der Waals surface area contributed by atoms with Crippen LogP contribution in [-0.2, 0) is 10.3 Å². The summed E-state index contributed by atoms with van der Waals surface area (Å²) in [5, 5.41) is 8.75. The molecule has 4 rings (SSSR count). The van der Waals surface area contributed by atoms with Gasteiger partial charge in [-0.1, -0.05) is 24.8 Å². The van der Waals surface area contributed by atoms with Gasteiger partial charge in [0, 0.05) is 24.3 Å². The maximum atomic E-state index is 15.2. The predicted molar refractivity (Wildman–Crippen MR) is 139 cm³/mol. The van der Waals surface area contributed by atoms with Gasteiger partial charge in [-0.2, -0.15) is 5.26 Å². The molecule has 36 heavy (non-hydrogen) atoms. The number of nitriles is 1. The molecule has 2 aliphatic rings. The van der Waals surface area contributed by atoms with E-state index < -0.39 is 22.4 Å². The van der Waals surface area contributed by atoms with E-state index in [-0.39, 0.29) is 34.3 Å². The van der Waals surface area contributed by atoms with E-state index in [1.807, 2.05) is 17.9 Å². The van der Waals surface area contributed by atoms with Crippen LogP contribution in [0.1, 0.15) is 62.4 Å². The minimum atomic E-state index is -1.04. The summed E-state index contributed by atoms with van der Waals surface area (Å²) in [7, 11) is 0. The number of benzene rings is 1. The Morgan fingerprint density at radius 3 is 2.75 bits per heavy atom. The molecule has 0 radical (unpaired) electrons. The van der Waals surface area contributed by atoms with Crippen molar-refractivity contribution in [3.63, 3.8) is 0 Å². The Labute approximate surface area is 214 Å². The minimum absolute atomic E-state index is 0.0494. The van der Waals surface area contributed by atoms with Crippen LogP contribution in [0.5, 0.6) is 0 Å². The maximum Gasteiger partial charge on any atom is 0.236 e. The average Bonchev–Trinajstić information content (AvgIpc) is 3.24. The van der Waals surface area contributed by atoms with E-state index in [0.29, 0.717) is 17.5 Å². The van der Waals surface area contributed by atoms with E-state index >= 15 is 4.39 Å². The first-order valence-electron chi connectivity index (χ1n) is 12.0. The molecule has 0 saturated carbocycles. The molecule has 1 saturated heterocycles. The second-order valence-corrected chi connectivity index (χ2v) is 10.9. The summed E-state index contributed by atoms with van der Waals surface area (Å²) < 4.78 is 30.1. The molecular formula is C27H29F2N5OS. The molecule has 3 unspecified atom stereocenters. The topological polar surface area (TPSA) is 95.4 Å². The molecule has 0 aliphatic carbocycles. The highest BCUT2D eigenvalue weighted by Crippen LogP contribution is 2.43. The van der Waals surface area contributed by atoms with Crippen molar-refractivity contribution in [2.75, 3.05) is 6.54 Å². The lowest BCUT2D eigenvalue weighted by Gasteiger charge is -2.33. The molecule has 1 aromatic heterocycles. The third-order valence-electron chi connectivity index (χ3n) is 7.21. The number of aliphatic imine (C=N–C) groups is 1. The number of hydrogen-bond acceptors (Lipinski definition) is 6. The van der Waals surface area contributed by atoms with Crippen LogP contribution in [0.2, 0.25) is 0 Å². The lowest BCUT2D eigenvalue weighted by atomic mass is 9.78. The Hall–Kier alpha value is -3.25. The lowest BCUT2D eigenvalue weighted by molar-refractivity contribution is -0.131. The van der Waals surface area contributed by atoms with Crippen molar-refractivity contribution in [1.29, 1.82) is 5.26 Å². The summed E-state index contributed by atoms with van der Waals surface area (Å²) >= 11 is 1.24. The minimum Gasteiger partial charge on any atom is -0.378 e. The Morgan fingerprint density at radius 1 is 1.33 bits per heavy atom. The standard InChI is InChI=1S/C27H29F2N5OS/c1-16-11-24(25(35)34-10-4-5-17(34)2)36-26(31)33-27(16,3)20-12-18(6-8-21(20)28)13-22(29)23-9-7-19(14-30)15-32-23/h6-9,12-13,15-17,24H,4-5,10-11H2,1-3H3,(H2,31,33)/b22-13-/t16?,17?,24?,27-/m0/s1. The fourth-order valence-electron chi connectivity index (χ4n) is 4.87. The molecule has 3 heterocycles. The van der Waals surface area contributed by atoms with Crippen LogP contribution >= 0.6 is 11.8 Å². The Morgan fingerprint density at radius 2 is 2.11 bits per heavy atom. The Balaban J connectivity index is 1.64. The third kappa shape index (κ3) is 5.14. The fourth-order valence-corrected chi connectivity index (χ4v) is 6.03. The summed E-state index contributed by atoms with van der Waals surface area (Å²) in [6.07, 6.45) is 5.02. The molecule has 6 nitrogen and oxygen atoms in total. The van der Waals surface area contributed by atoms with Crippen molar-refractivity contribution in [2.45, 2.75) is 56.9 Å². The number of amidine groups is 1. The van der Waals surface area contributed by atoms with Crippen molar-refractivity contribution >= 4 is 34.7 Å². The van der Waals surface area contributed by atoms with Gasteiger partial charge in [0.15, 0.2) is 5.17 Å². The number of carbonyl (C=O) groups is 1. The molecule has 1 fully saturated rings. The molecule has 2 aliphatic heterocycles. The highest BCUT2D eigenvalue weighted by Gasteiger charge is 2.42. The number of carbonyl (C=O) groups excluding carboxylic acids is 1. The van der Waals surface area contributed by atoms with Crippen LogP contribution in [0.25, 0.3) is 11.9 Å². The normalized spacial score (nSPS) is 26.8. The zero-order valence-corrected chi connectivity index (χ0v) is 21.4. The summed E-state index contributed by atoms with van der Waals surface area (Å²) in [6, 6.07) is 9.38. The van der Waals surface area contributed by atoms with Gasteiger partial charge in [-0.15, -0.1) is 0 Å². The molecule has 4 atom stereocenters. The van der Waals surface area contributed by atoms with E-state index in [1.54, 1.807) is 13.0 Å². The molecule has 2 aromatic rings. The summed E-state index contributed by atoms with van der Waals surface area (Å²) in [5.74, 6) is -1.25. The number of nitrogens with two attached hydrogens (primary N) is 1. The average molecular weight is 510 g/mol. The van der Waals surface area contributed by atoms with Gasteiger partial charge >= 0.3 is 0 Å². The molecule has 188 valence electrons. The zero-order chi connectivity index (χ0) is 26.0. The smallest absolute Gasteiger partial charge is 0.236 e. The number of thioether (sulfide) groups is 1. The number of amides is 1. The number of rotatable bonds is 4. The highest BCUT2D eigenvalue weighted by atomic mass is 32.2. The number of halogens is 2. The first kappa shape index (κ1) is 25.8. The van der Waals surface area contributed by atoms with Crippen LogP contribution in [0.4, 0.5) is 8.78 Å². The highest BCUT2D eigenvalue weighted by molar-refractivity contribution is 8.14. The number of pyridine rings is 1. The van der Waals surface area contributed by atoms with Gasteiger partial charge in [0.1, 0.15) is 17.7 Å². The van der Waals surface area contributed by atoms with Crippen LogP contribution in [0.3, 0.4) is 0 Å². The van der Waals surface area contributed by atoms with E-state index in [4.69, 9.17) is 11.0 Å². The molecule has 1 amide bonds. The van der Waals surface area contributed by atoms with E-state index in [9.17, 15) is 9.18 Å².